The lowest BCUT2D eigenvalue weighted by atomic mass is 9.67. The van der Waals surface area contributed by atoms with E-state index in [1.54, 1.807) is 12.8 Å². The van der Waals surface area contributed by atoms with Crippen molar-refractivity contribution in [1.29, 1.82) is 0 Å². The van der Waals surface area contributed by atoms with E-state index in [1.807, 2.05) is 91.0 Å². The summed E-state index contributed by atoms with van der Waals surface area (Å²) in [6, 6.07) is 29.0. The first kappa shape index (κ1) is 19.9. The molecule has 4 heteroatoms. The number of likely N-dealkylation sites (tertiary alicyclic amines) is 1. The van der Waals surface area contributed by atoms with E-state index in [1.165, 1.54) is 4.90 Å². The predicted molar refractivity (Wildman–Crippen MR) is 116 cm³/mol. The molecule has 0 saturated carbocycles. The number of carbonyl (C=O) groups excluding carboxylic acids is 1. The second-order valence-corrected chi connectivity index (χ2v) is 7.44. The van der Waals surface area contributed by atoms with Crippen molar-refractivity contribution >= 4 is 11.9 Å². The minimum absolute atomic E-state index is 0.135. The number of carboxylic acid groups (broad SMARTS) is 1. The highest BCUT2D eigenvalue weighted by molar-refractivity contribution is 5.87. The van der Waals surface area contributed by atoms with Gasteiger partial charge in [0.1, 0.15) is 6.04 Å². The molecule has 3 aromatic rings. The Balaban J connectivity index is 1.87. The maximum absolute atomic E-state index is 13.5. The first-order valence-corrected chi connectivity index (χ1v) is 9.98. The van der Waals surface area contributed by atoms with E-state index in [9.17, 15) is 14.7 Å². The molecule has 3 aromatic carbocycles. The summed E-state index contributed by atoms with van der Waals surface area (Å²) in [6.45, 7) is 0.310. The monoisotopic (exact) mass is 397 g/mol. The lowest BCUT2D eigenvalue weighted by Gasteiger charge is -2.37. The van der Waals surface area contributed by atoms with Crippen LogP contribution in [0, 0.1) is 12.8 Å². The number of hydrogen-bond donors (Lipinski definition) is 1. The predicted octanol–water partition coefficient (Wildman–Crippen LogP) is 4.12. The topological polar surface area (TPSA) is 57.6 Å². The third-order valence-corrected chi connectivity index (χ3v) is 5.75. The van der Waals surface area contributed by atoms with E-state index in [2.05, 4.69) is 0 Å². The Hall–Kier alpha value is -3.40. The maximum atomic E-state index is 13.5. The number of amides is 1. The van der Waals surface area contributed by atoms with E-state index in [-0.39, 0.29) is 12.3 Å². The van der Waals surface area contributed by atoms with E-state index in [0.717, 1.165) is 16.7 Å². The van der Waals surface area contributed by atoms with Crippen molar-refractivity contribution in [3.8, 4) is 0 Å². The van der Waals surface area contributed by atoms with Crippen LogP contribution in [0.5, 0.6) is 0 Å². The fraction of sp³-hybridized carbons (Fsp3) is 0.154. The zero-order chi connectivity index (χ0) is 21.0. The fourth-order valence-electron chi connectivity index (χ4n) is 4.30. The van der Waals surface area contributed by atoms with Gasteiger partial charge in [0.25, 0.3) is 0 Å². The molecule has 1 fully saturated rings. The van der Waals surface area contributed by atoms with Gasteiger partial charge >= 0.3 is 5.97 Å². The summed E-state index contributed by atoms with van der Waals surface area (Å²) in [7, 11) is 0. The average molecular weight is 397 g/mol. The molecule has 1 aliphatic heterocycles. The molecule has 0 bridgehead atoms. The molecule has 4 rings (SSSR count). The van der Waals surface area contributed by atoms with Crippen LogP contribution < -0.4 is 0 Å². The molecule has 0 spiro atoms. The van der Waals surface area contributed by atoms with E-state index >= 15 is 0 Å². The third-order valence-electron chi connectivity index (χ3n) is 5.75. The molecule has 1 aliphatic rings. The molecule has 1 heterocycles. The van der Waals surface area contributed by atoms with Crippen LogP contribution in [0.4, 0.5) is 0 Å². The Morgan fingerprint density at radius 2 is 1.23 bits per heavy atom. The normalized spacial score (nSPS) is 16.4. The van der Waals surface area contributed by atoms with Gasteiger partial charge in [-0.2, -0.15) is 0 Å². The summed E-state index contributed by atoms with van der Waals surface area (Å²) in [5, 5.41) is 9.54. The number of nitrogens with zero attached hydrogens (tertiary/aromatic N) is 1. The molecule has 1 saturated heterocycles. The smallest absolute Gasteiger partial charge is 0.326 e. The van der Waals surface area contributed by atoms with Crippen LogP contribution in [0.3, 0.4) is 0 Å². The highest BCUT2D eigenvalue weighted by atomic mass is 16.4. The average Bonchev–Trinajstić information content (AvgIpc) is 3.30. The van der Waals surface area contributed by atoms with Gasteiger partial charge in [0, 0.05) is 19.4 Å². The van der Waals surface area contributed by atoms with Gasteiger partial charge in [-0.15, -0.1) is 0 Å². The Kier molecular flexibility index (Phi) is 5.66. The number of carboxylic acids is 1. The molecule has 1 amide bonds. The summed E-state index contributed by atoms with van der Waals surface area (Å²) in [6.07, 6.45) is 3.46. The summed E-state index contributed by atoms with van der Waals surface area (Å²) < 4.78 is 0. The molecule has 4 nitrogen and oxygen atoms in total. The molecular formula is C26H23NO3. The highest BCUT2D eigenvalue weighted by Crippen LogP contribution is 2.43. The van der Waals surface area contributed by atoms with Gasteiger partial charge in [-0.3, -0.25) is 4.79 Å². The summed E-state index contributed by atoms with van der Waals surface area (Å²) in [4.78, 5) is 26.6. The Labute approximate surface area is 176 Å². The van der Waals surface area contributed by atoms with Crippen LogP contribution in [-0.4, -0.2) is 34.5 Å². The second kappa shape index (κ2) is 8.54. The number of rotatable bonds is 6. The molecule has 1 N–H and O–H groups in total. The van der Waals surface area contributed by atoms with Crippen molar-refractivity contribution in [3.05, 3.63) is 121 Å². The number of hydrogen-bond acceptors (Lipinski definition) is 2. The Morgan fingerprint density at radius 1 is 0.800 bits per heavy atom. The second-order valence-electron chi connectivity index (χ2n) is 7.44. The number of carbonyl (C=O) groups is 2. The van der Waals surface area contributed by atoms with E-state index < -0.39 is 17.4 Å². The lowest BCUT2D eigenvalue weighted by molar-refractivity contribution is -0.147. The summed E-state index contributed by atoms with van der Waals surface area (Å²) >= 11 is 0. The summed E-state index contributed by atoms with van der Waals surface area (Å²) in [5.41, 5.74) is 2.26. The molecular weight excluding hydrogens is 374 g/mol. The molecule has 1 atom stereocenters. The van der Waals surface area contributed by atoms with Crippen LogP contribution in [0.15, 0.2) is 91.0 Å². The zero-order valence-electron chi connectivity index (χ0n) is 16.5. The van der Waals surface area contributed by atoms with Gasteiger partial charge < -0.3 is 10.0 Å². The largest absolute Gasteiger partial charge is 0.480 e. The SMILES string of the molecule is O=C(O)[C@@H]1[CH][CH]CN1C(=O)CC(c1ccccc1)(c1ccccc1)c1ccccc1. The fourth-order valence-corrected chi connectivity index (χ4v) is 4.30. The van der Waals surface area contributed by atoms with Gasteiger partial charge in [-0.25, -0.2) is 4.79 Å². The first-order chi connectivity index (χ1) is 14.6. The minimum Gasteiger partial charge on any atom is -0.480 e. The molecule has 0 aromatic heterocycles. The quantitative estimate of drug-likeness (QED) is 0.637. The van der Waals surface area contributed by atoms with E-state index in [0.29, 0.717) is 6.54 Å². The van der Waals surface area contributed by atoms with Crippen molar-refractivity contribution in [2.24, 2.45) is 0 Å². The van der Waals surface area contributed by atoms with Crippen molar-refractivity contribution < 1.29 is 14.7 Å². The van der Waals surface area contributed by atoms with E-state index in [4.69, 9.17) is 0 Å². The Bertz CT molecular complexity index is 906. The van der Waals surface area contributed by atoms with Crippen molar-refractivity contribution in [2.45, 2.75) is 17.9 Å². The molecule has 0 aliphatic carbocycles. The molecule has 0 unspecified atom stereocenters. The van der Waals surface area contributed by atoms with Crippen molar-refractivity contribution in [3.63, 3.8) is 0 Å². The van der Waals surface area contributed by atoms with Crippen LogP contribution in [0.2, 0.25) is 0 Å². The van der Waals surface area contributed by atoms with Crippen LogP contribution in [0.25, 0.3) is 0 Å². The standard InChI is InChI=1S/C26H23NO3/c28-24(27-18-10-17-23(27)25(29)30)19-26(20-11-4-1-5-12-20,21-13-6-2-7-14-21)22-15-8-3-9-16-22/h1-17,23H,18-19H2,(H,29,30)/t23-/m0/s1. The maximum Gasteiger partial charge on any atom is 0.326 e. The van der Waals surface area contributed by atoms with Crippen LogP contribution >= 0.6 is 0 Å². The third kappa shape index (κ3) is 3.61. The van der Waals surface area contributed by atoms with Gasteiger partial charge in [-0.1, -0.05) is 91.0 Å². The number of benzene rings is 3. The minimum atomic E-state index is -1.01. The first-order valence-electron chi connectivity index (χ1n) is 9.98. The van der Waals surface area contributed by atoms with Crippen LogP contribution in [0.1, 0.15) is 23.1 Å². The molecule has 150 valence electrons. The summed E-state index contributed by atoms with van der Waals surface area (Å²) in [5.74, 6) is -1.20. The highest BCUT2D eigenvalue weighted by Gasteiger charge is 2.42. The van der Waals surface area contributed by atoms with Gasteiger partial charge in [0.05, 0.1) is 5.41 Å². The van der Waals surface area contributed by atoms with Crippen molar-refractivity contribution in [2.75, 3.05) is 6.54 Å². The van der Waals surface area contributed by atoms with Crippen LogP contribution in [-0.2, 0) is 15.0 Å². The van der Waals surface area contributed by atoms with Gasteiger partial charge in [-0.05, 0) is 23.1 Å². The lowest BCUT2D eigenvalue weighted by Crippen LogP contribution is -2.44. The zero-order valence-corrected chi connectivity index (χ0v) is 16.5. The number of aliphatic carboxylic acids is 1. The molecule has 2 radical (unpaired) electrons. The Morgan fingerprint density at radius 3 is 1.63 bits per heavy atom. The van der Waals surface area contributed by atoms with Crippen molar-refractivity contribution in [1.82, 2.24) is 4.90 Å². The molecule has 30 heavy (non-hydrogen) atoms. The van der Waals surface area contributed by atoms with Gasteiger partial charge in [0.15, 0.2) is 0 Å². The van der Waals surface area contributed by atoms with Gasteiger partial charge in [0.2, 0.25) is 5.91 Å².